The molecule has 138 valence electrons. The molecule has 7 nitrogen and oxygen atoms in total. The average Bonchev–Trinajstić information content (AvgIpc) is 3.07. The van der Waals surface area contributed by atoms with Crippen molar-refractivity contribution in [2.24, 2.45) is 5.92 Å². The van der Waals surface area contributed by atoms with Crippen molar-refractivity contribution in [1.29, 1.82) is 0 Å². The van der Waals surface area contributed by atoms with E-state index in [9.17, 15) is 18.5 Å². The van der Waals surface area contributed by atoms with Crippen molar-refractivity contribution in [2.75, 3.05) is 43.9 Å². The number of sulfone groups is 1. The molecular formula is C17H25N3O4S. The summed E-state index contributed by atoms with van der Waals surface area (Å²) in [7, 11) is -3.64. The number of nitro benzene ring substituents is 1. The van der Waals surface area contributed by atoms with E-state index in [2.05, 4.69) is 9.80 Å². The van der Waals surface area contributed by atoms with Gasteiger partial charge < -0.3 is 9.80 Å². The highest BCUT2D eigenvalue weighted by molar-refractivity contribution is 7.90. The predicted molar refractivity (Wildman–Crippen MR) is 96.8 cm³/mol. The first-order chi connectivity index (χ1) is 11.8. The number of likely N-dealkylation sites (tertiary alicyclic amines) is 1. The molecule has 0 radical (unpaired) electrons. The Bertz CT molecular complexity index is 736. The molecule has 0 spiro atoms. The van der Waals surface area contributed by atoms with Gasteiger partial charge in [0, 0.05) is 37.6 Å². The summed E-state index contributed by atoms with van der Waals surface area (Å²) in [4.78, 5) is 14.9. The van der Waals surface area contributed by atoms with Crippen LogP contribution in [0.15, 0.2) is 23.1 Å². The van der Waals surface area contributed by atoms with Gasteiger partial charge >= 0.3 is 0 Å². The highest BCUT2D eigenvalue weighted by Gasteiger charge is 2.26. The SMILES string of the molecule is CS(=O)(=O)c1cc(N2CCC(CN3CCCC3)CC2)ccc1[N+](=O)[O-]. The second-order valence-electron chi connectivity index (χ2n) is 7.12. The minimum Gasteiger partial charge on any atom is -0.371 e. The lowest BCUT2D eigenvalue weighted by atomic mass is 9.96. The summed E-state index contributed by atoms with van der Waals surface area (Å²) in [6, 6.07) is 4.42. The van der Waals surface area contributed by atoms with Crippen LogP contribution in [0.25, 0.3) is 0 Å². The molecule has 8 heteroatoms. The molecule has 2 saturated heterocycles. The zero-order valence-corrected chi connectivity index (χ0v) is 15.4. The maximum Gasteiger partial charge on any atom is 0.288 e. The number of rotatable bonds is 5. The van der Waals surface area contributed by atoms with Crippen molar-refractivity contribution in [3.05, 3.63) is 28.3 Å². The maximum absolute atomic E-state index is 11.9. The molecular weight excluding hydrogens is 342 g/mol. The number of piperidine rings is 1. The first-order valence-corrected chi connectivity index (χ1v) is 10.7. The molecule has 0 unspecified atom stereocenters. The third-order valence-electron chi connectivity index (χ3n) is 5.23. The molecule has 2 aliphatic heterocycles. The van der Waals surface area contributed by atoms with E-state index < -0.39 is 14.8 Å². The summed E-state index contributed by atoms with van der Waals surface area (Å²) in [5, 5.41) is 11.1. The van der Waals surface area contributed by atoms with Crippen molar-refractivity contribution in [3.63, 3.8) is 0 Å². The molecule has 0 amide bonds. The summed E-state index contributed by atoms with van der Waals surface area (Å²) >= 11 is 0. The fraction of sp³-hybridized carbons (Fsp3) is 0.647. The molecule has 2 fully saturated rings. The van der Waals surface area contributed by atoms with Crippen LogP contribution in [0.4, 0.5) is 11.4 Å². The lowest BCUT2D eigenvalue weighted by molar-refractivity contribution is -0.387. The van der Waals surface area contributed by atoms with E-state index >= 15 is 0 Å². The Morgan fingerprint density at radius 1 is 1.16 bits per heavy atom. The largest absolute Gasteiger partial charge is 0.371 e. The molecule has 25 heavy (non-hydrogen) atoms. The van der Waals surface area contributed by atoms with Crippen LogP contribution in [0.3, 0.4) is 0 Å². The normalized spacial score (nSPS) is 20.1. The Balaban J connectivity index is 1.69. The lowest BCUT2D eigenvalue weighted by Crippen LogP contribution is -2.38. The molecule has 0 aromatic heterocycles. The van der Waals surface area contributed by atoms with Gasteiger partial charge in [0.15, 0.2) is 9.84 Å². The van der Waals surface area contributed by atoms with Crippen LogP contribution < -0.4 is 4.90 Å². The van der Waals surface area contributed by atoms with Gasteiger partial charge in [0.05, 0.1) is 4.92 Å². The van der Waals surface area contributed by atoms with E-state index in [0.717, 1.165) is 44.4 Å². The van der Waals surface area contributed by atoms with E-state index in [-0.39, 0.29) is 10.6 Å². The molecule has 0 bridgehead atoms. The molecule has 0 N–H and O–H groups in total. The third-order valence-corrected chi connectivity index (χ3v) is 6.36. The predicted octanol–water partition coefficient (Wildman–Crippen LogP) is 2.31. The fourth-order valence-corrected chi connectivity index (χ4v) is 4.71. The van der Waals surface area contributed by atoms with Crippen LogP contribution in [0, 0.1) is 16.0 Å². The highest BCUT2D eigenvalue weighted by Crippen LogP contribution is 2.31. The van der Waals surface area contributed by atoms with Gasteiger partial charge in [0.1, 0.15) is 4.90 Å². The van der Waals surface area contributed by atoms with Gasteiger partial charge in [-0.05, 0) is 56.8 Å². The minimum atomic E-state index is -3.64. The molecule has 2 aliphatic rings. The van der Waals surface area contributed by atoms with E-state index in [4.69, 9.17) is 0 Å². The van der Waals surface area contributed by atoms with Crippen LogP contribution in [0.1, 0.15) is 25.7 Å². The summed E-state index contributed by atoms with van der Waals surface area (Å²) in [5.41, 5.74) is 0.404. The summed E-state index contributed by atoms with van der Waals surface area (Å²) < 4.78 is 23.8. The topological polar surface area (TPSA) is 83.8 Å². The van der Waals surface area contributed by atoms with E-state index in [1.807, 2.05) is 0 Å². The van der Waals surface area contributed by atoms with Crippen molar-refractivity contribution in [1.82, 2.24) is 4.90 Å². The zero-order chi connectivity index (χ0) is 18.0. The van der Waals surface area contributed by atoms with E-state index in [0.29, 0.717) is 5.92 Å². The van der Waals surface area contributed by atoms with Crippen LogP contribution >= 0.6 is 0 Å². The summed E-state index contributed by atoms with van der Waals surface area (Å²) in [5.74, 6) is 0.682. The Hall–Kier alpha value is -1.67. The first kappa shape index (κ1) is 18.1. The lowest BCUT2D eigenvalue weighted by Gasteiger charge is -2.35. The Kier molecular flexibility index (Phi) is 5.29. The van der Waals surface area contributed by atoms with Crippen LogP contribution in [-0.4, -0.2) is 57.2 Å². The number of anilines is 1. The van der Waals surface area contributed by atoms with Crippen LogP contribution in [0.5, 0.6) is 0 Å². The van der Waals surface area contributed by atoms with Crippen molar-refractivity contribution in [2.45, 2.75) is 30.6 Å². The molecule has 0 saturated carbocycles. The smallest absolute Gasteiger partial charge is 0.288 e. The average molecular weight is 367 g/mol. The monoisotopic (exact) mass is 367 g/mol. The van der Waals surface area contributed by atoms with E-state index in [1.165, 1.54) is 38.1 Å². The molecule has 2 heterocycles. The molecule has 3 rings (SSSR count). The third kappa shape index (κ3) is 4.30. The number of hydrogen-bond donors (Lipinski definition) is 0. The second kappa shape index (κ2) is 7.29. The maximum atomic E-state index is 11.9. The quantitative estimate of drug-likeness (QED) is 0.587. The van der Waals surface area contributed by atoms with Crippen LogP contribution in [-0.2, 0) is 9.84 Å². The van der Waals surface area contributed by atoms with Gasteiger partial charge in [-0.25, -0.2) is 8.42 Å². The molecule has 1 aromatic rings. The van der Waals surface area contributed by atoms with Crippen molar-refractivity contribution >= 4 is 21.2 Å². The number of nitrogens with zero attached hydrogens (tertiary/aromatic N) is 3. The second-order valence-corrected chi connectivity index (χ2v) is 9.10. The van der Waals surface area contributed by atoms with Crippen LogP contribution in [0.2, 0.25) is 0 Å². The van der Waals surface area contributed by atoms with Crippen molar-refractivity contribution in [3.8, 4) is 0 Å². The van der Waals surface area contributed by atoms with Gasteiger partial charge in [-0.15, -0.1) is 0 Å². The standard InChI is InChI=1S/C17H25N3O4S/c1-25(23,24)17-12-15(4-5-16(17)20(21)22)19-10-6-14(7-11-19)13-18-8-2-3-9-18/h4-5,12,14H,2-3,6-11,13H2,1H3. The number of hydrogen-bond acceptors (Lipinski definition) is 6. The Labute approximate surface area is 148 Å². The van der Waals surface area contributed by atoms with Gasteiger partial charge in [0.25, 0.3) is 5.69 Å². The van der Waals surface area contributed by atoms with Gasteiger partial charge in [-0.2, -0.15) is 0 Å². The number of benzene rings is 1. The Morgan fingerprint density at radius 2 is 1.80 bits per heavy atom. The molecule has 1 aromatic carbocycles. The van der Waals surface area contributed by atoms with Gasteiger partial charge in [-0.3, -0.25) is 10.1 Å². The van der Waals surface area contributed by atoms with E-state index in [1.54, 1.807) is 6.07 Å². The molecule has 0 aliphatic carbocycles. The van der Waals surface area contributed by atoms with Gasteiger partial charge in [-0.1, -0.05) is 0 Å². The highest BCUT2D eigenvalue weighted by atomic mass is 32.2. The van der Waals surface area contributed by atoms with Crippen molar-refractivity contribution < 1.29 is 13.3 Å². The number of nitro groups is 1. The minimum absolute atomic E-state index is 0.200. The summed E-state index contributed by atoms with van der Waals surface area (Å²) in [6.45, 7) is 5.29. The fourth-order valence-electron chi connectivity index (χ4n) is 3.85. The zero-order valence-electron chi connectivity index (χ0n) is 14.6. The Morgan fingerprint density at radius 3 is 2.36 bits per heavy atom. The summed E-state index contributed by atoms with van der Waals surface area (Å²) in [6.07, 6.45) is 5.76. The van der Waals surface area contributed by atoms with Gasteiger partial charge in [0.2, 0.25) is 0 Å². The molecule has 0 atom stereocenters. The first-order valence-electron chi connectivity index (χ1n) is 8.80.